The maximum Gasteiger partial charge on any atom is 0.303 e. The van der Waals surface area contributed by atoms with Crippen LogP contribution in [0.4, 0.5) is 0 Å². The van der Waals surface area contributed by atoms with Gasteiger partial charge in [0.15, 0.2) is 0 Å². The van der Waals surface area contributed by atoms with Crippen molar-refractivity contribution in [2.24, 2.45) is 0 Å². The van der Waals surface area contributed by atoms with Gasteiger partial charge >= 0.3 is 5.97 Å². The molecule has 1 rings (SSSR count). The SMILES string of the molecule is CCCCCCCCc1ccc(OCCOCCOCCOCCOCCOCCOCCOCCOCCCNC(=O)CCC(=O)O)cc1. The van der Waals surface area contributed by atoms with Crippen molar-refractivity contribution in [1.29, 1.82) is 0 Å². The molecular weight excluding hydrogens is 650 g/mol. The summed E-state index contributed by atoms with van der Waals surface area (Å²) >= 11 is 0. The zero-order chi connectivity index (χ0) is 36.0. The minimum atomic E-state index is -0.980. The molecule has 1 aromatic carbocycles. The summed E-state index contributed by atoms with van der Waals surface area (Å²) < 4.78 is 49.7. The molecule has 0 atom stereocenters. The van der Waals surface area contributed by atoms with E-state index in [1.54, 1.807) is 0 Å². The molecule has 0 saturated heterocycles. The van der Waals surface area contributed by atoms with Crippen LogP contribution in [0.15, 0.2) is 24.3 Å². The average molecular weight is 716 g/mol. The Hall–Kier alpha value is -2.36. The average Bonchev–Trinajstić information content (AvgIpc) is 3.12. The standard InChI is InChI=1S/C37H65NO12/c1-2-3-4-5-6-7-9-34-10-12-35(13-11-34)50-33-32-49-31-30-48-29-28-47-27-26-46-25-24-45-23-22-44-21-20-43-19-18-42-17-8-16-38-36(39)14-15-37(40)41/h10-13H,2-9,14-33H2,1H3,(H,38,39)(H,40,41). The lowest BCUT2D eigenvalue weighted by Gasteiger charge is -2.09. The van der Waals surface area contributed by atoms with Gasteiger partial charge in [0.2, 0.25) is 5.91 Å². The van der Waals surface area contributed by atoms with Crippen LogP contribution < -0.4 is 10.1 Å². The molecule has 50 heavy (non-hydrogen) atoms. The van der Waals surface area contributed by atoms with E-state index in [1.807, 2.05) is 12.1 Å². The van der Waals surface area contributed by atoms with Gasteiger partial charge in [-0.2, -0.15) is 0 Å². The molecule has 13 heteroatoms. The molecule has 13 nitrogen and oxygen atoms in total. The van der Waals surface area contributed by atoms with Gasteiger partial charge in [0, 0.05) is 19.6 Å². The monoisotopic (exact) mass is 715 g/mol. The molecule has 1 aromatic rings. The smallest absolute Gasteiger partial charge is 0.303 e. The van der Waals surface area contributed by atoms with E-state index in [2.05, 4.69) is 24.4 Å². The van der Waals surface area contributed by atoms with Crippen molar-refractivity contribution in [3.8, 4) is 5.75 Å². The van der Waals surface area contributed by atoms with E-state index in [0.29, 0.717) is 125 Å². The minimum absolute atomic E-state index is 0.00773. The van der Waals surface area contributed by atoms with Crippen molar-refractivity contribution in [3.05, 3.63) is 29.8 Å². The molecule has 290 valence electrons. The number of carbonyl (C=O) groups excluding carboxylic acids is 1. The lowest BCUT2D eigenvalue weighted by Crippen LogP contribution is -2.25. The first kappa shape index (κ1) is 45.7. The van der Waals surface area contributed by atoms with Crippen molar-refractivity contribution >= 4 is 11.9 Å². The molecular formula is C37H65NO12. The number of benzene rings is 1. The summed E-state index contributed by atoms with van der Waals surface area (Å²) in [5, 5.41) is 11.2. The number of carbonyl (C=O) groups is 2. The molecule has 0 aliphatic rings. The molecule has 1 amide bonds. The molecule has 0 bridgehead atoms. The first-order valence-corrected chi connectivity index (χ1v) is 18.4. The summed E-state index contributed by atoms with van der Waals surface area (Å²) in [6.45, 7) is 11.1. The van der Waals surface area contributed by atoms with Crippen LogP contribution in [0.5, 0.6) is 5.75 Å². The van der Waals surface area contributed by atoms with Gasteiger partial charge in [-0.25, -0.2) is 0 Å². The highest BCUT2D eigenvalue weighted by Gasteiger charge is 2.04. The van der Waals surface area contributed by atoms with Crippen LogP contribution >= 0.6 is 0 Å². The van der Waals surface area contributed by atoms with E-state index in [-0.39, 0.29) is 18.7 Å². The topological polar surface area (TPSA) is 149 Å². The summed E-state index contributed by atoms with van der Waals surface area (Å²) in [6.07, 6.45) is 9.54. The van der Waals surface area contributed by atoms with Crippen molar-refractivity contribution in [2.45, 2.75) is 71.1 Å². The van der Waals surface area contributed by atoms with E-state index in [0.717, 1.165) is 12.2 Å². The van der Waals surface area contributed by atoms with Gasteiger partial charge in [-0.05, 0) is 37.0 Å². The van der Waals surface area contributed by atoms with Gasteiger partial charge < -0.3 is 53.1 Å². The highest BCUT2D eigenvalue weighted by Crippen LogP contribution is 2.15. The first-order chi connectivity index (χ1) is 24.6. The first-order valence-electron chi connectivity index (χ1n) is 18.4. The van der Waals surface area contributed by atoms with Crippen molar-refractivity contribution in [1.82, 2.24) is 5.32 Å². The zero-order valence-electron chi connectivity index (χ0n) is 30.5. The van der Waals surface area contributed by atoms with E-state index < -0.39 is 5.97 Å². The Labute approximate surface area is 299 Å². The Kier molecular flexibility index (Phi) is 33.3. The molecule has 0 saturated carbocycles. The Morgan fingerprint density at radius 3 is 1.40 bits per heavy atom. The van der Waals surface area contributed by atoms with Gasteiger partial charge in [0.05, 0.1) is 106 Å². The molecule has 2 N–H and O–H groups in total. The second-order valence-corrected chi connectivity index (χ2v) is 11.5. The third-order valence-corrected chi connectivity index (χ3v) is 7.20. The van der Waals surface area contributed by atoms with E-state index >= 15 is 0 Å². The Morgan fingerprint density at radius 1 is 0.520 bits per heavy atom. The number of carboxylic acid groups (broad SMARTS) is 1. The molecule has 0 spiro atoms. The second kappa shape index (κ2) is 36.4. The molecule has 0 unspecified atom stereocenters. The molecule has 0 radical (unpaired) electrons. The summed E-state index contributed by atoms with van der Waals surface area (Å²) in [5.74, 6) is -0.367. The summed E-state index contributed by atoms with van der Waals surface area (Å²) in [5.41, 5.74) is 1.37. The number of ether oxygens (including phenoxy) is 9. The van der Waals surface area contributed by atoms with Crippen molar-refractivity contribution < 1.29 is 57.3 Å². The fraction of sp³-hybridized carbons (Fsp3) is 0.784. The number of aryl methyl sites for hydroxylation is 1. The van der Waals surface area contributed by atoms with Gasteiger partial charge in [0.25, 0.3) is 0 Å². The minimum Gasteiger partial charge on any atom is -0.491 e. The number of amides is 1. The third-order valence-electron chi connectivity index (χ3n) is 7.20. The predicted molar refractivity (Wildman–Crippen MR) is 190 cm³/mol. The van der Waals surface area contributed by atoms with Crippen LogP contribution in [-0.2, 0) is 53.9 Å². The lowest BCUT2D eigenvalue weighted by molar-refractivity contribution is -0.138. The third kappa shape index (κ3) is 32.8. The number of nitrogens with one attached hydrogen (secondary N) is 1. The zero-order valence-corrected chi connectivity index (χ0v) is 30.5. The highest BCUT2D eigenvalue weighted by molar-refractivity contribution is 5.80. The van der Waals surface area contributed by atoms with Gasteiger partial charge in [0.1, 0.15) is 12.4 Å². The second-order valence-electron chi connectivity index (χ2n) is 11.5. The van der Waals surface area contributed by atoms with Crippen LogP contribution in [0.3, 0.4) is 0 Å². The number of carboxylic acids is 1. The number of rotatable bonds is 39. The van der Waals surface area contributed by atoms with Crippen molar-refractivity contribution in [2.75, 3.05) is 119 Å². The van der Waals surface area contributed by atoms with Gasteiger partial charge in [-0.3, -0.25) is 9.59 Å². The summed E-state index contributed by atoms with van der Waals surface area (Å²) in [7, 11) is 0. The van der Waals surface area contributed by atoms with E-state index in [1.165, 1.54) is 44.1 Å². The summed E-state index contributed by atoms with van der Waals surface area (Å²) in [6, 6.07) is 8.41. The maximum absolute atomic E-state index is 11.4. The van der Waals surface area contributed by atoms with Crippen LogP contribution in [-0.4, -0.2) is 136 Å². The molecule has 0 heterocycles. The van der Waals surface area contributed by atoms with Crippen LogP contribution in [0.1, 0.15) is 70.3 Å². The molecule has 0 aromatic heterocycles. The largest absolute Gasteiger partial charge is 0.491 e. The number of aliphatic carboxylic acids is 1. The van der Waals surface area contributed by atoms with Crippen LogP contribution in [0.2, 0.25) is 0 Å². The Balaban J connectivity index is 1.70. The Morgan fingerprint density at radius 2 is 0.940 bits per heavy atom. The van der Waals surface area contributed by atoms with Crippen LogP contribution in [0.25, 0.3) is 0 Å². The van der Waals surface area contributed by atoms with E-state index in [9.17, 15) is 9.59 Å². The number of hydrogen-bond donors (Lipinski definition) is 2. The Bertz CT molecular complexity index is 890. The molecule has 0 aliphatic carbocycles. The maximum atomic E-state index is 11.4. The molecule has 0 fully saturated rings. The number of unbranched alkanes of at least 4 members (excludes halogenated alkanes) is 5. The van der Waals surface area contributed by atoms with Crippen molar-refractivity contribution in [3.63, 3.8) is 0 Å². The van der Waals surface area contributed by atoms with E-state index in [4.69, 9.17) is 47.7 Å². The predicted octanol–water partition coefficient (Wildman–Crippen LogP) is 4.47. The normalized spacial score (nSPS) is 11.2. The molecule has 0 aliphatic heterocycles. The highest BCUT2D eigenvalue weighted by atomic mass is 16.6. The number of hydrogen-bond acceptors (Lipinski definition) is 11. The summed E-state index contributed by atoms with van der Waals surface area (Å²) in [4.78, 5) is 21.8. The quantitative estimate of drug-likeness (QED) is 0.0927. The lowest BCUT2D eigenvalue weighted by atomic mass is 10.0. The fourth-order valence-corrected chi connectivity index (χ4v) is 4.43. The fourth-order valence-electron chi connectivity index (χ4n) is 4.43. The van der Waals surface area contributed by atoms with Gasteiger partial charge in [-0.15, -0.1) is 0 Å². The van der Waals surface area contributed by atoms with Crippen LogP contribution in [0, 0.1) is 0 Å². The van der Waals surface area contributed by atoms with Gasteiger partial charge in [-0.1, -0.05) is 51.2 Å².